The predicted molar refractivity (Wildman–Crippen MR) is 56.5 cm³/mol. The van der Waals surface area contributed by atoms with Crippen molar-refractivity contribution in [3.05, 3.63) is 16.0 Å². The summed E-state index contributed by atoms with van der Waals surface area (Å²) in [6.45, 7) is 0. The van der Waals surface area contributed by atoms with E-state index in [0.717, 1.165) is 0 Å². The number of rotatable bonds is 2. The van der Waals surface area contributed by atoms with Crippen molar-refractivity contribution in [2.75, 3.05) is 7.11 Å². The predicted octanol–water partition coefficient (Wildman–Crippen LogP) is 1.62. The summed E-state index contributed by atoms with van der Waals surface area (Å²) in [4.78, 5) is 3.80. The largest absolute Gasteiger partial charge is 0.493 e. The van der Waals surface area contributed by atoms with Crippen molar-refractivity contribution in [3.8, 4) is 5.75 Å². The Balaban J connectivity index is 3.47. The zero-order valence-corrected chi connectivity index (χ0v) is 10.2. The standard InChI is InChI=1S/C6H5ClINO3S/c1-12-5-4(13(7,10)11)2-3-9-6(5)8/h2-3H,1H3. The number of aromatic nitrogens is 1. The Morgan fingerprint density at radius 2 is 2.23 bits per heavy atom. The van der Waals surface area contributed by atoms with Gasteiger partial charge in [-0.25, -0.2) is 13.4 Å². The third-order valence-corrected chi connectivity index (χ3v) is 3.41. The minimum atomic E-state index is -3.77. The Morgan fingerprint density at radius 1 is 1.62 bits per heavy atom. The second-order valence-electron chi connectivity index (χ2n) is 2.07. The number of halogens is 2. The molecule has 0 N–H and O–H groups in total. The molecule has 0 saturated carbocycles. The van der Waals surface area contributed by atoms with Gasteiger partial charge in [0.2, 0.25) is 0 Å². The number of ether oxygens (including phenoxy) is 1. The molecule has 1 rings (SSSR count). The summed E-state index contributed by atoms with van der Waals surface area (Å²) >= 11 is 1.87. The Kier molecular flexibility index (Phi) is 3.36. The molecule has 72 valence electrons. The van der Waals surface area contributed by atoms with Crippen molar-refractivity contribution in [3.63, 3.8) is 0 Å². The maximum absolute atomic E-state index is 11.0. The number of methoxy groups -OCH3 is 1. The van der Waals surface area contributed by atoms with Gasteiger partial charge in [0.25, 0.3) is 9.05 Å². The van der Waals surface area contributed by atoms with E-state index in [1.165, 1.54) is 19.4 Å². The minimum Gasteiger partial charge on any atom is -0.493 e. The molecule has 0 aliphatic carbocycles. The van der Waals surface area contributed by atoms with Crippen LogP contribution in [0, 0.1) is 3.70 Å². The Bertz CT molecular complexity index is 420. The van der Waals surface area contributed by atoms with E-state index >= 15 is 0 Å². The number of nitrogens with zero attached hydrogens (tertiary/aromatic N) is 1. The van der Waals surface area contributed by atoms with Crippen LogP contribution in [-0.4, -0.2) is 20.5 Å². The van der Waals surface area contributed by atoms with Gasteiger partial charge in [0.05, 0.1) is 7.11 Å². The summed E-state index contributed by atoms with van der Waals surface area (Å²) in [7, 11) is 2.78. The van der Waals surface area contributed by atoms with Crippen LogP contribution in [0.3, 0.4) is 0 Å². The zero-order valence-electron chi connectivity index (χ0n) is 6.49. The quantitative estimate of drug-likeness (QED) is 0.469. The third-order valence-electron chi connectivity index (χ3n) is 1.29. The van der Waals surface area contributed by atoms with Crippen LogP contribution in [-0.2, 0) is 9.05 Å². The average Bonchev–Trinajstić information content (AvgIpc) is 2.02. The molecule has 0 atom stereocenters. The van der Waals surface area contributed by atoms with E-state index in [1.807, 2.05) is 22.6 Å². The van der Waals surface area contributed by atoms with Gasteiger partial charge in [-0.3, -0.25) is 0 Å². The summed E-state index contributed by atoms with van der Waals surface area (Å²) in [5.74, 6) is 0.179. The van der Waals surface area contributed by atoms with Crippen LogP contribution in [0.25, 0.3) is 0 Å². The molecule has 7 heteroatoms. The smallest absolute Gasteiger partial charge is 0.265 e. The number of hydrogen-bond acceptors (Lipinski definition) is 4. The molecule has 0 bridgehead atoms. The monoisotopic (exact) mass is 333 g/mol. The zero-order chi connectivity index (χ0) is 10.1. The molecule has 0 fully saturated rings. The van der Waals surface area contributed by atoms with Gasteiger partial charge < -0.3 is 4.74 Å². The van der Waals surface area contributed by atoms with Crippen LogP contribution in [0.15, 0.2) is 17.2 Å². The molecular weight excluding hydrogens is 328 g/mol. The Hall–Kier alpha value is -0.0800. The van der Waals surface area contributed by atoms with Gasteiger partial charge in [-0.1, -0.05) is 0 Å². The maximum atomic E-state index is 11.0. The summed E-state index contributed by atoms with van der Waals surface area (Å²) in [5.41, 5.74) is 0. The fourth-order valence-electron chi connectivity index (χ4n) is 0.783. The summed E-state index contributed by atoms with van der Waals surface area (Å²) in [6, 6.07) is 1.29. The lowest BCUT2D eigenvalue weighted by molar-refractivity contribution is 0.397. The topological polar surface area (TPSA) is 56.3 Å². The van der Waals surface area contributed by atoms with Crippen molar-refractivity contribution in [2.24, 2.45) is 0 Å². The van der Waals surface area contributed by atoms with Gasteiger partial charge in [0.1, 0.15) is 8.60 Å². The van der Waals surface area contributed by atoms with Crippen LogP contribution < -0.4 is 4.74 Å². The van der Waals surface area contributed by atoms with Gasteiger partial charge in [0.15, 0.2) is 5.75 Å². The molecule has 0 aliphatic rings. The lowest BCUT2D eigenvalue weighted by atomic mass is 10.5. The highest BCUT2D eigenvalue weighted by atomic mass is 127. The highest BCUT2D eigenvalue weighted by molar-refractivity contribution is 14.1. The first kappa shape index (κ1) is 11.0. The highest BCUT2D eigenvalue weighted by Crippen LogP contribution is 2.29. The minimum absolute atomic E-state index is 0.0592. The van der Waals surface area contributed by atoms with E-state index in [-0.39, 0.29) is 10.6 Å². The average molecular weight is 334 g/mol. The second-order valence-corrected chi connectivity index (χ2v) is 5.63. The van der Waals surface area contributed by atoms with Crippen molar-refractivity contribution in [2.45, 2.75) is 4.90 Å². The van der Waals surface area contributed by atoms with E-state index in [0.29, 0.717) is 3.70 Å². The van der Waals surface area contributed by atoms with E-state index < -0.39 is 9.05 Å². The first-order chi connectivity index (χ1) is 5.96. The van der Waals surface area contributed by atoms with Gasteiger partial charge in [-0.15, -0.1) is 0 Å². The summed E-state index contributed by atoms with van der Waals surface area (Å²) in [6.07, 6.45) is 1.36. The normalized spacial score (nSPS) is 11.3. The second kappa shape index (κ2) is 3.97. The van der Waals surface area contributed by atoms with Crippen LogP contribution in [0.1, 0.15) is 0 Å². The van der Waals surface area contributed by atoms with Gasteiger partial charge >= 0.3 is 0 Å². The maximum Gasteiger partial charge on any atom is 0.265 e. The van der Waals surface area contributed by atoms with Crippen molar-refractivity contribution < 1.29 is 13.2 Å². The fourth-order valence-corrected chi connectivity index (χ4v) is 2.63. The molecule has 0 saturated heterocycles. The third kappa shape index (κ3) is 2.44. The Labute approximate surface area is 93.8 Å². The first-order valence-electron chi connectivity index (χ1n) is 3.10. The molecule has 0 unspecified atom stereocenters. The number of pyridine rings is 1. The lowest BCUT2D eigenvalue weighted by Crippen LogP contribution is -1.99. The molecular formula is C6H5ClINO3S. The van der Waals surface area contributed by atoms with E-state index in [4.69, 9.17) is 15.4 Å². The molecule has 1 aromatic heterocycles. The summed E-state index contributed by atoms with van der Waals surface area (Å²) < 4.78 is 27.4. The molecule has 0 aliphatic heterocycles. The molecule has 0 aromatic carbocycles. The van der Waals surface area contributed by atoms with Gasteiger partial charge in [-0.2, -0.15) is 0 Å². The molecule has 0 spiro atoms. The number of hydrogen-bond donors (Lipinski definition) is 0. The molecule has 0 radical (unpaired) electrons. The molecule has 0 amide bonds. The highest BCUT2D eigenvalue weighted by Gasteiger charge is 2.18. The lowest BCUT2D eigenvalue weighted by Gasteiger charge is -2.05. The molecule has 1 aromatic rings. The fraction of sp³-hybridized carbons (Fsp3) is 0.167. The van der Waals surface area contributed by atoms with Crippen molar-refractivity contribution in [1.29, 1.82) is 0 Å². The molecule has 4 nitrogen and oxygen atoms in total. The van der Waals surface area contributed by atoms with E-state index in [2.05, 4.69) is 4.98 Å². The van der Waals surface area contributed by atoms with Gasteiger partial charge in [-0.05, 0) is 28.7 Å². The van der Waals surface area contributed by atoms with Crippen molar-refractivity contribution >= 4 is 42.3 Å². The summed E-state index contributed by atoms with van der Waals surface area (Å²) in [5, 5.41) is 0. The van der Waals surface area contributed by atoms with Crippen LogP contribution >= 0.6 is 33.3 Å². The van der Waals surface area contributed by atoms with Crippen LogP contribution in [0.2, 0.25) is 0 Å². The first-order valence-corrected chi connectivity index (χ1v) is 6.49. The Morgan fingerprint density at radius 3 is 2.62 bits per heavy atom. The van der Waals surface area contributed by atoms with Crippen LogP contribution in [0.5, 0.6) is 5.75 Å². The SMILES string of the molecule is COc1c(S(=O)(=O)Cl)ccnc1I. The van der Waals surface area contributed by atoms with E-state index in [9.17, 15) is 8.42 Å². The van der Waals surface area contributed by atoms with Gasteiger partial charge in [0, 0.05) is 16.9 Å². The van der Waals surface area contributed by atoms with Crippen LogP contribution in [0.4, 0.5) is 0 Å². The van der Waals surface area contributed by atoms with E-state index in [1.54, 1.807) is 0 Å². The molecule has 13 heavy (non-hydrogen) atoms. The molecule has 1 heterocycles. The van der Waals surface area contributed by atoms with Crippen molar-refractivity contribution in [1.82, 2.24) is 4.98 Å².